The van der Waals surface area contributed by atoms with Crippen LogP contribution in [0, 0.1) is 11.7 Å². The molecule has 1 aliphatic carbocycles. The number of rotatable bonds is 13. The van der Waals surface area contributed by atoms with Crippen LogP contribution in [-0.2, 0) is 19.2 Å². The molecule has 5 rings (SSSR count). The van der Waals surface area contributed by atoms with E-state index >= 15 is 0 Å². The van der Waals surface area contributed by atoms with Crippen LogP contribution in [0.2, 0.25) is 0 Å². The zero-order chi connectivity index (χ0) is 34.4. The number of likely N-dealkylation sites (tertiary alicyclic amines) is 1. The van der Waals surface area contributed by atoms with Crippen LogP contribution in [0.15, 0.2) is 30.3 Å². The quantitative estimate of drug-likeness (QED) is 0.235. The van der Waals surface area contributed by atoms with Gasteiger partial charge in [0.1, 0.15) is 17.9 Å². The van der Waals surface area contributed by atoms with Crippen LogP contribution >= 0.6 is 0 Å². The molecule has 258 valence electrons. The minimum atomic E-state index is -1.27. The van der Waals surface area contributed by atoms with E-state index in [2.05, 4.69) is 15.7 Å². The highest BCUT2D eigenvalue weighted by atomic mass is 19.1. The number of benzene rings is 1. The Morgan fingerprint density at radius 1 is 0.979 bits per heavy atom. The largest absolute Gasteiger partial charge is 0.481 e. The van der Waals surface area contributed by atoms with Gasteiger partial charge in [0, 0.05) is 51.8 Å². The molecule has 0 bridgehead atoms. The number of ether oxygens (including phenoxy) is 1. The summed E-state index contributed by atoms with van der Waals surface area (Å²) in [6.07, 6.45) is 1.52. The summed E-state index contributed by atoms with van der Waals surface area (Å²) in [5.74, 6) is -3.51. The number of aromatic nitrogens is 2. The minimum Gasteiger partial charge on any atom is -0.481 e. The molecule has 5 amide bonds. The van der Waals surface area contributed by atoms with Crippen LogP contribution in [0.1, 0.15) is 49.0 Å². The maximum absolute atomic E-state index is 14.2. The van der Waals surface area contributed by atoms with Gasteiger partial charge in [-0.05, 0) is 56.2 Å². The number of carbonyl (C=O) groups is 6. The highest BCUT2D eigenvalue weighted by Crippen LogP contribution is 2.28. The summed E-state index contributed by atoms with van der Waals surface area (Å²) in [7, 11) is 0. The summed E-state index contributed by atoms with van der Waals surface area (Å²) in [6.45, 7) is 0.683. The van der Waals surface area contributed by atoms with Crippen molar-refractivity contribution in [1.82, 2.24) is 35.1 Å². The topological polar surface area (TPSA) is 204 Å². The van der Waals surface area contributed by atoms with Crippen LogP contribution in [0.3, 0.4) is 0 Å². The molecule has 1 saturated carbocycles. The van der Waals surface area contributed by atoms with E-state index in [0.717, 1.165) is 28.5 Å². The van der Waals surface area contributed by atoms with Crippen molar-refractivity contribution in [2.24, 2.45) is 5.92 Å². The maximum atomic E-state index is 14.2. The summed E-state index contributed by atoms with van der Waals surface area (Å²) in [6, 6.07) is 4.59. The first-order chi connectivity index (χ1) is 23.0. The Bertz CT molecular complexity index is 1550. The van der Waals surface area contributed by atoms with Gasteiger partial charge in [-0.15, -0.1) is 0 Å². The third kappa shape index (κ3) is 8.57. The second-order valence-corrected chi connectivity index (χ2v) is 12.0. The molecule has 4 N–H and O–H groups in total. The summed E-state index contributed by atoms with van der Waals surface area (Å²) in [5, 5.41) is 28.1. The monoisotopic (exact) mass is 671 g/mol. The van der Waals surface area contributed by atoms with Crippen molar-refractivity contribution >= 4 is 35.7 Å². The molecule has 2 aliphatic heterocycles. The fraction of sp³-hybridized carbons (Fsp3) is 0.516. The van der Waals surface area contributed by atoms with Crippen molar-refractivity contribution in [2.45, 2.75) is 50.6 Å². The second kappa shape index (κ2) is 15.1. The number of nitrogens with zero attached hydrogens (tertiary/aromatic N) is 5. The molecule has 16 nitrogen and oxygen atoms in total. The SMILES string of the molecule is O=C(O)CCC(NC(=O)c1cc(OCC(=O)N2CCCC2C(=O)NCC2CC2)n(-c2cccc(F)c2)n1)C(=O)N1CCN(C(=O)O)CC1. The Kier molecular flexibility index (Phi) is 10.8. The van der Waals surface area contributed by atoms with Crippen molar-refractivity contribution in [3.8, 4) is 11.6 Å². The van der Waals surface area contributed by atoms with E-state index in [9.17, 15) is 43.4 Å². The van der Waals surface area contributed by atoms with Gasteiger partial charge in [0.2, 0.25) is 17.7 Å². The third-order valence-electron chi connectivity index (χ3n) is 8.56. The summed E-state index contributed by atoms with van der Waals surface area (Å²) >= 11 is 0. The summed E-state index contributed by atoms with van der Waals surface area (Å²) in [5.41, 5.74) is -0.0890. The highest BCUT2D eigenvalue weighted by Gasteiger charge is 2.36. The number of carbonyl (C=O) groups excluding carboxylic acids is 4. The average Bonchev–Trinajstić information content (AvgIpc) is 3.58. The van der Waals surface area contributed by atoms with Gasteiger partial charge >= 0.3 is 12.1 Å². The standard InChI is InChI=1S/C31H38FN7O9/c32-20-3-1-4-21(15-20)39-26(48-18-25(40)38-10-2-5-24(38)29(44)33-17-19-6-7-19)16-23(35-39)28(43)34-22(8-9-27(41)42)30(45)36-11-13-37(14-12-36)31(46)47/h1,3-4,15-16,19,22,24H,2,5-14,17-18H2,(H,33,44)(H,34,43)(H,41,42)(H,46,47). The molecule has 2 unspecified atom stereocenters. The van der Waals surface area contributed by atoms with Crippen LogP contribution in [-0.4, -0.2) is 128 Å². The summed E-state index contributed by atoms with van der Waals surface area (Å²) < 4.78 is 21.1. The first kappa shape index (κ1) is 34.1. The molecule has 2 aromatic rings. The van der Waals surface area contributed by atoms with Gasteiger partial charge in [0.05, 0.1) is 5.69 Å². The number of carboxylic acid groups (broad SMARTS) is 2. The lowest BCUT2D eigenvalue weighted by molar-refractivity contribution is -0.140. The summed E-state index contributed by atoms with van der Waals surface area (Å²) in [4.78, 5) is 79.3. The molecule has 3 fully saturated rings. The normalized spacial score (nSPS) is 18.3. The molecular formula is C31H38FN7O9. The highest BCUT2D eigenvalue weighted by molar-refractivity contribution is 5.96. The zero-order valence-electron chi connectivity index (χ0n) is 26.2. The van der Waals surface area contributed by atoms with E-state index in [1.807, 2.05) is 0 Å². The smallest absolute Gasteiger partial charge is 0.407 e. The van der Waals surface area contributed by atoms with Crippen molar-refractivity contribution in [1.29, 1.82) is 0 Å². The number of carboxylic acids is 1. The van der Waals surface area contributed by atoms with E-state index in [1.54, 1.807) is 0 Å². The van der Waals surface area contributed by atoms with E-state index in [1.165, 1.54) is 34.1 Å². The first-order valence-electron chi connectivity index (χ1n) is 15.9. The van der Waals surface area contributed by atoms with E-state index in [4.69, 9.17) is 4.74 Å². The zero-order valence-corrected chi connectivity index (χ0v) is 26.2. The van der Waals surface area contributed by atoms with E-state index in [0.29, 0.717) is 31.8 Å². The lowest BCUT2D eigenvalue weighted by Crippen LogP contribution is -2.55. The molecule has 2 atom stereocenters. The van der Waals surface area contributed by atoms with Gasteiger partial charge in [0.25, 0.3) is 11.8 Å². The molecule has 17 heteroatoms. The average molecular weight is 672 g/mol. The number of amides is 5. The van der Waals surface area contributed by atoms with Gasteiger partial charge in [-0.2, -0.15) is 5.10 Å². The predicted molar refractivity (Wildman–Crippen MR) is 164 cm³/mol. The van der Waals surface area contributed by atoms with Gasteiger partial charge < -0.3 is 40.3 Å². The number of nitrogens with one attached hydrogen (secondary N) is 2. The molecule has 3 heterocycles. The number of aliphatic carboxylic acids is 1. The fourth-order valence-corrected chi connectivity index (χ4v) is 5.71. The number of hydrogen-bond acceptors (Lipinski definition) is 8. The van der Waals surface area contributed by atoms with Crippen LogP contribution in [0.5, 0.6) is 5.88 Å². The van der Waals surface area contributed by atoms with Gasteiger partial charge in [-0.1, -0.05) is 6.07 Å². The van der Waals surface area contributed by atoms with Gasteiger partial charge in [0.15, 0.2) is 12.3 Å². The van der Waals surface area contributed by atoms with Crippen LogP contribution < -0.4 is 15.4 Å². The van der Waals surface area contributed by atoms with Crippen molar-refractivity contribution in [2.75, 3.05) is 45.9 Å². The molecule has 2 saturated heterocycles. The Morgan fingerprint density at radius 2 is 1.71 bits per heavy atom. The molecule has 1 aromatic carbocycles. The Hall–Kier alpha value is -5.22. The minimum absolute atomic E-state index is 0.0570. The fourth-order valence-electron chi connectivity index (χ4n) is 5.71. The third-order valence-corrected chi connectivity index (χ3v) is 8.56. The Balaban J connectivity index is 1.30. The van der Waals surface area contributed by atoms with Crippen LogP contribution in [0.4, 0.5) is 9.18 Å². The molecule has 0 radical (unpaired) electrons. The lowest BCUT2D eigenvalue weighted by Gasteiger charge is -2.35. The van der Waals surface area contributed by atoms with Crippen LogP contribution in [0.25, 0.3) is 5.69 Å². The molecule has 3 aliphatic rings. The predicted octanol–water partition coefficient (Wildman–Crippen LogP) is 0.693. The van der Waals surface area contributed by atoms with Gasteiger partial charge in [-0.25, -0.2) is 13.9 Å². The van der Waals surface area contributed by atoms with E-state index in [-0.39, 0.29) is 55.8 Å². The lowest BCUT2D eigenvalue weighted by atomic mass is 10.1. The number of piperazine rings is 1. The Labute approximate surface area is 274 Å². The van der Waals surface area contributed by atoms with Crippen molar-refractivity contribution in [3.63, 3.8) is 0 Å². The molecule has 1 aromatic heterocycles. The molecule has 0 spiro atoms. The van der Waals surface area contributed by atoms with Crippen molar-refractivity contribution < 1.29 is 48.1 Å². The number of hydrogen-bond donors (Lipinski definition) is 4. The Morgan fingerprint density at radius 3 is 2.38 bits per heavy atom. The second-order valence-electron chi connectivity index (χ2n) is 12.0. The van der Waals surface area contributed by atoms with Crippen molar-refractivity contribution in [3.05, 3.63) is 41.8 Å². The molecular weight excluding hydrogens is 633 g/mol. The molecule has 48 heavy (non-hydrogen) atoms. The first-order valence-corrected chi connectivity index (χ1v) is 15.9. The van der Waals surface area contributed by atoms with Gasteiger partial charge in [-0.3, -0.25) is 24.0 Å². The van der Waals surface area contributed by atoms with E-state index < -0.39 is 60.7 Å². The maximum Gasteiger partial charge on any atom is 0.407 e. The number of halogens is 1.